The van der Waals surface area contributed by atoms with Gasteiger partial charge in [-0.3, -0.25) is 9.48 Å². The van der Waals surface area contributed by atoms with Crippen LogP contribution in [0.1, 0.15) is 62.4 Å². The highest BCUT2D eigenvalue weighted by atomic mass is 16.5. The first-order valence-electron chi connectivity index (χ1n) is 11.7. The van der Waals surface area contributed by atoms with Gasteiger partial charge in [-0.05, 0) is 84.5 Å². The molecule has 3 heterocycles. The van der Waals surface area contributed by atoms with Crippen LogP contribution in [0, 0.1) is 0 Å². The maximum Gasteiger partial charge on any atom is 0.221 e. The second-order valence-electron chi connectivity index (χ2n) is 8.86. The fourth-order valence-corrected chi connectivity index (χ4v) is 4.73. The number of benzene rings is 2. The molecule has 2 aromatic carbocycles. The lowest BCUT2D eigenvalue weighted by Gasteiger charge is -2.18. The lowest BCUT2D eigenvalue weighted by atomic mass is 9.86. The minimum Gasteiger partial charge on any atom is -0.472 e. The molecule has 34 heavy (non-hydrogen) atoms. The molecule has 1 amide bonds. The average Bonchev–Trinajstić information content (AvgIpc) is 3.17. The van der Waals surface area contributed by atoms with E-state index in [4.69, 9.17) is 4.74 Å². The second kappa shape index (κ2) is 8.78. The van der Waals surface area contributed by atoms with E-state index in [0.29, 0.717) is 12.5 Å². The molecule has 0 saturated heterocycles. The Morgan fingerprint density at radius 1 is 1.15 bits per heavy atom. The number of carbonyl (C=O) groups is 1. The van der Waals surface area contributed by atoms with Gasteiger partial charge in [-0.25, -0.2) is 4.98 Å². The van der Waals surface area contributed by atoms with Crippen molar-refractivity contribution >= 4 is 33.6 Å². The first-order chi connectivity index (χ1) is 16.5. The molecule has 1 aliphatic heterocycles. The van der Waals surface area contributed by atoms with Crippen molar-refractivity contribution in [1.29, 1.82) is 0 Å². The predicted molar refractivity (Wildman–Crippen MR) is 136 cm³/mol. The molecule has 0 unspecified atom stereocenters. The summed E-state index contributed by atoms with van der Waals surface area (Å²) in [6.07, 6.45) is 4.50. The maximum atomic E-state index is 11.7. The minimum atomic E-state index is -0.0878. The first-order valence-corrected chi connectivity index (χ1v) is 11.7. The zero-order chi connectivity index (χ0) is 23.8. The zero-order valence-corrected chi connectivity index (χ0v) is 19.9. The molecule has 0 atom stereocenters. The van der Waals surface area contributed by atoms with E-state index < -0.39 is 0 Å². The fourth-order valence-electron chi connectivity index (χ4n) is 4.73. The Morgan fingerprint density at radius 2 is 2.00 bits per heavy atom. The van der Waals surface area contributed by atoms with Gasteiger partial charge in [0.1, 0.15) is 6.61 Å². The summed E-state index contributed by atoms with van der Waals surface area (Å²) in [5.41, 5.74) is 8.42. The van der Waals surface area contributed by atoms with E-state index in [1.807, 2.05) is 35.1 Å². The number of hydrogen-bond donors (Lipinski definition) is 1. The topological polar surface area (TPSA) is 69.0 Å². The van der Waals surface area contributed by atoms with Gasteiger partial charge in [0.25, 0.3) is 0 Å². The van der Waals surface area contributed by atoms with Crippen LogP contribution in [-0.2, 0) is 11.4 Å². The summed E-state index contributed by atoms with van der Waals surface area (Å²) in [6, 6.07) is 16.7. The number of nitrogens with one attached hydrogen (secondary N) is 1. The standard InChI is InChI=1S/C28H28N4O2/c1-5-23(19-8-6-9-22(12-19)31-18(4)33)27-24-10-7-11-29-28(24)34-16-21-14-26-20(13-25(21)27)15-30-32(26)17(2)3/h6-15,17H,5,16H2,1-4H3,(H,31,33). The van der Waals surface area contributed by atoms with Gasteiger partial charge in [-0.15, -0.1) is 0 Å². The van der Waals surface area contributed by atoms with E-state index in [2.05, 4.69) is 60.4 Å². The van der Waals surface area contributed by atoms with Crippen LogP contribution in [0.3, 0.4) is 0 Å². The zero-order valence-electron chi connectivity index (χ0n) is 19.9. The van der Waals surface area contributed by atoms with E-state index in [1.54, 1.807) is 6.20 Å². The van der Waals surface area contributed by atoms with Gasteiger partial charge >= 0.3 is 0 Å². The van der Waals surface area contributed by atoms with Crippen molar-refractivity contribution in [2.45, 2.75) is 46.8 Å². The summed E-state index contributed by atoms with van der Waals surface area (Å²) in [5, 5.41) is 8.63. The molecular formula is C28H28N4O2. The molecule has 172 valence electrons. The van der Waals surface area contributed by atoms with Crippen LogP contribution in [0.2, 0.25) is 0 Å². The molecule has 4 aromatic rings. The monoisotopic (exact) mass is 452 g/mol. The molecule has 0 aliphatic carbocycles. The van der Waals surface area contributed by atoms with Gasteiger partial charge in [-0.2, -0.15) is 5.10 Å². The summed E-state index contributed by atoms with van der Waals surface area (Å²) in [4.78, 5) is 16.2. The summed E-state index contributed by atoms with van der Waals surface area (Å²) in [5.74, 6) is 0.544. The number of ether oxygens (including phenoxy) is 1. The number of rotatable bonds is 4. The van der Waals surface area contributed by atoms with Crippen LogP contribution < -0.4 is 10.1 Å². The van der Waals surface area contributed by atoms with E-state index in [0.717, 1.165) is 50.8 Å². The van der Waals surface area contributed by atoms with E-state index in [1.165, 1.54) is 12.5 Å². The first kappa shape index (κ1) is 21.9. The Bertz CT molecular complexity index is 1430. The van der Waals surface area contributed by atoms with Crippen molar-refractivity contribution in [3.8, 4) is 5.88 Å². The molecule has 0 bridgehead atoms. The third-order valence-electron chi connectivity index (χ3n) is 6.17. The van der Waals surface area contributed by atoms with Crippen molar-refractivity contribution in [2.24, 2.45) is 0 Å². The number of allylic oxidation sites excluding steroid dienone is 1. The highest BCUT2D eigenvalue weighted by Gasteiger charge is 2.25. The Hall–Kier alpha value is -3.93. The lowest BCUT2D eigenvalue weighted by molar-refractivity contribution is -0.114. The summed E-state index contributed by atoms with van der Waals surface area (Å²) in [7, 11) is 0. The normalized spacial score (nSPS) is 14.3. The van der Waals surface area contributed by atoms with Crippen LogP contribution in [0.15, 0.2) is 60.9 Å². The highest BCUT2D eigenvalue weighted by Crippen LogP contribution is 2.43. The van der Waals surface area contributed by atoms with Gasteiger partial charge in [0.15, 0.2) is 0 Å². The minimum absolute atomic E-state index is 0.0878. The lowest BCUT2D eigenvalue weighted by Crippen LogP contribution is -2.06. The Balaban J connectivity index is 1.81. The Morgan fingerprint density at radius 3 is 2.76 bits per heavy atom. The highest BCUT2D eigenvalue weighted by molar-refractivity contribution is 6.03. The summed E-state index contributed by atoms with van der Waals surface area (Å²) >= 11 is 0. The third kappa shape index (κ3) is 3.85. The molecule has 0 radical (unpaired) electrons. The van der Waals surface area contributed by atoms with Gasteiger partial charge in [0, 0.05) is 35.8 Å². The molecule has 0 saturated carbocycles. The number of nitrogens with zero attached hydrogens (tertiary/aromatic N) is 3. The van der Waals surface area contributed by atoms with Crippen molar-refractivity contribution in [3.63, 3.8) is 0 Å². The Labute approximate surface area is 199 Å². The van der Waals surface area contributed by atoms with Gasteiger partial charge in [0.2, 0.25) is 11.8 Å². The van der Waals surface area contributed by atoms with Crippen molar-refractivity contribution in [3.05, 3.63) is 83.2 Å². The van der Waals surface area contributed by atoms with E-state index in [9.17, 15) is 4.79 Å². The average molecular weight is 453 g/mol. The molecule has 2 aromatic heterocycles. The molecule has 1 N–H and O–H groups in total. The number of amides is 1. The fraction of sp³-hybridized carbons (Fsp3) is 0.250. The molecule has 5 rings (SSSR count). The molecule has 6 heteroatoms. The SMILES string of the molecule is CCC(=C1c2cc3cnn(C(C)C)c3cc2COc2ncccc21)c1cccc(NC(C)=O)c1. The van der Waals surface area contributed by atoms with Crippen LogP contribution in [0.4, 0.5) is 5.69 Å². The Kier molecular flexibility index (Phi) is 5.65. The maximum absolute atomic E-state index is 11.7. The summed E-state index contributed by atoms with van der Waals surface area (Å²) < 4.78 is 8.25. The number of hydrogen-bond acceptors (Lipinski definition) is 4. The molecular weight excluding hydrogens is 424 g/mol. The largest absolute Gasteiger partial charge is 0.472 e. The second-order valence-corrected chi connectivity index (χ2v) is 8.86. The number of aromatic nitrogens is 3. The van der Waals surface area contributed by atoms with Crippen LogP contribution in [0.5, 0.6) is 5.88 Å². The predicted octanol–water partition coefficient (Wildman–Crippen LogP) is 6.23. The van der Waals surface area contributed by atoms with Crippen LogP contribution in [0.25, 0.3) is 22.0 Å². The van der Waals surface area contributed by atoms with Crippen molar-refractivity contribution in [1.82, 2.24) is 14.8 Å². The van der Waals surface area contributed by atoms with Gasteiger partial charge in [-0.1, -0.05) is 19.1 Å². The number of pyridine rings is 1. The third-order valence-corrected chi connectivity index (χ3v) is 6.17. The van der Waals surface area contributed by atoms with Gasteiger partial charge in [0.05, 0.1) is 11.7 Å². The molecule has 0 fully saturated rings. The van der Waals surface area contributed by atoms with Crippen LogP contribution >= 0.6 is 0 Å². The number of anilines is 1. The smallest absolute Gasteiger partial charge is 0.221 e. The van der Waals surface area contributed by atoms with E-state index >= 15 is 0 Å². The van der Waals surface area contributed by atoms with E-state index in [-0.39, 0.29) is 11.9 Å². The van der Waals surface area contributed by atoms with Crippen molar-refractivity contribution in [2.75, 3.05) is 5.32 Å². The van der Waals surface area contributed by atoms with Crippen molar-refractivity contribution < 1.29 is 9.53 Å². The molecule has 6 nitrogen and oxygen atoms in total. The summed E-state index contributed by atoms with van der Waals surface area (Å²) in [6.45, 7) is 8.39. The number of fused-ring (bicyclic) bond motifs is 3. The quantitative estimate of drug-likeness (QED) is 0.398. The number of carbonyl (C=O) groups excluding carboxylic acids is 1. The molecule has 1 aliphatic rings. The van der Waals surface area contributed by atoms with Gasteiger partial charge < -0.3 is 10.1 Å². The van der Waals surface area contributed by atoms with Crippen LogP contribution in [-0.4, -0.2) is 20.7 Å². The molecule has 0 spiro atoms.